The van der Waals surface area contributed by atoms with Gasteiger partial charge in [0.2, 0.25) is 0 Å². The lowest BCUT2D eigenvalue weighted by molar-refractivity contribution is -0.144. The van der Waals surface area contributed by atoms with Gasteiger partial charge in [0.15, 0.2) is 15.6 Å². The number of hydrogen-bond donors (Lipinski definition) is 0. The Morgan fingerprint density at radius 1 is 1.10 bits per heavy atom. The number of carbonyl (C=O) groups is 1. The summed E-state index contributed by atoms with van der Waals surface area (Å²) >= 11 is 0. The summed E-state index contributed by atoms with van der Waals surface area (Å²) in [5.41, 5.74) is 0. The Morgan fingerprint density at radius 3 is 2.40 bits per heavy atom. The van der Waals surface area contributed by atoms with E-state index in [1.54, 1.807) is 26.0 Å². The summed E-state index contributed by atoms with van der Waals surface area (Å²) < 4.78 is 29.2. The molecule has 0 N–H and O–H groups in total. The Bertz CT molecular complexity index is 732. The number of sulfone groups is 1. The Morgan fingerprint density at radius 2 is 1.75 bits per heavy atom. The first-order valence-corrected chi connectivity index (χ1v) is 7.95. The van der Waals surface area contributed by atoms with Gasteiger partial charge in [-0.1, -0.05) is 30.3 Å². The molecule has 0 aromatic heterocycles. The lowest BCUT2D eigenvalue weighted by atomic mass is 10.1. The van der Waals surface area contributed by atoms with E-state index in [2.05, 4.69) is 0 Å². The van der Waals surface area contributed by atoms with Crippen molar-refractivity contribution in [3.63, 3.8) is 0 Å². The van der Waals surface area contributed by atoms with Gasteiger partial charge in [0.25, 0.3) is 0 Å². The Balaban J connectivity index is 2.29. The molecule has 106 valence electrons. The summed E-state index contributed by atoms with van der Waals surface area (Å²) in [5, 5.41) is 1.78. The van der Waals surface area contributed by atoms with Crippen molar-refractivity contribution >= 4 is 26.6 Å². The van der Waals surface area contributed by atoms with Gasteiger partial charge in [-0.15, -0.1) is 0 Å². The van der Waals surface area contributed by atoms with E-state index in [0.717, 1.165) is 10.8 Å². The predicted octanol–water partition coefficient (Wildman–Crippen LogP) is 2.57. The number of benzene rings is 2. The normalized spacial score (nSPS) is 11.8. The molecule has 2 rings (SSSR count). The smallest absolute Gasteiger partial charge is 0.321 e. The fourth-order valence-corrected chi connectivity index (χ4v) is 3.02. The zero-order valence-electron chi connectivity index (χ0n) is 11.4. The van der Waals surface area contributed by atoms with Gasteiger partial charge in [-0.3, -0.25) is 4.79 Å². The lowest BCUT2D eigenvalue weighted by Crippen LogP contribution is -2.21. The van der Waals surface area contributed by atoms with E-state index in [9.17, 15) is 13.2 Å². The summed E-state index contributed by atoms with van der Waals surface area (Å²) in [6.45, 7) is 3.36. The topological polar surface area (TPSA) is 60.4 Å². The van der Waals surface area contributed by atoms with Crippen molar-refractivity contribution in [3.05, 3.63) is 42.5 Å². The zero-order valence-corrected chi connectivity index (χ0v) is 12.2. The van der Waals surface area contributed by atoms with Crippen molar-refractivity contribution in [1.82, 2.24) is 0 Å². The number of esters is 1. The molecule has 0 unspecified atom stereocenters. The Hall–Kier alpha value is -1.88. The van der Waals surface area contributed by atoms with Crippen LogP contribution in [0.2, 0.25) is 0 Å². The Labute approximate surface area is 118 Å². The molecular weight excluding hydrogens is 276 g/mol. The molecule has 0 saturated carbocycles. The average molecular weight is 292 g/mol. The second-order valence-corrected chi connectivity index (χ2v) is 6.80. The lowest BCUT2D eigenvalue weighted by Gasteiger charge is -2.09. The molecule has 0 radical (unpaired) electrons. The average Bonchev–Trinajstić information content (AvgIpc) is 2.36. The van der Waals surface area contributed by atoms with Gasteiger partial charge in [-0.25, -0.2) is 8.42 Å². The first-order valence-electron chi connectivity index (χ1n) is 6.29. The molecule has 0 atom stereocenters. The molecule has 4 nitrogen and oxygen atoms in total. The third-order valence-corrected chi connectivity index (χ3v) is 4.34. The number of fused-ring (bicyclic) bond motifs is 1. The monoisotopic (exact) mass is 292 g/mol. The van der Waals surface area contributed by atoms with Crippen LogP contribution in [0.1, 0.15) is 13.8 Å². The van der Waals surface area contributed by atoms with Gasteiger partial charge in [-0.05, 0) is 36.8 Å². The van der Waals surface area contributed by atoms with Crippen molar-refractivity contribution in [2.75, 3.05) is 5.75 Å². The van der Waals surface area contributed by atoms with E-state index < -0.39 is 21.6 Å². The van der Waals surface area contributed by atoms with Crippen LogP contribution in [0.4, 0.5) is 0 Å². The van der Waals surface area contributed by atoms with Crippen molar-refractivity contribution in [2.24, 2.45) is 0 Å². The quantitative estimate of drug-likeness (QED) is 0.813. The van der Waals surface area contributed by atoms with Crippen LogP contribution in [0.5, 0.6) is 0 Å². The second-order valence-electron chi connectivity index (χ2n) is 4.81. The van der Waals surface area contributed by atoms with Crippen molar-refractivity contribution in [3.8, 4) is 0 Å². The van der Waals surface area contributed by atoms with Gasteiger partial charge < -0.3 is 4.74 Å². The maximum Gasteiger partial charge on any atom is 0.321 e. The largest absolute Gasteiger partial charge is 0.462 e. The molecule has 0 fully saturated rings. The minimum Gasteiger partial charge on any atom is -0.462 e. The van der Waals surface area contributed by atoms with Gasteiger partial charge in [0.1, 0.15) is 0 Å². The maximum atomic E-state index is 12.2. The van der Waals surface area contributed by atoms with Crippen LogP contribution in [0.25, 0.3) is 10.8 Å². The van der Waals surface area contributed by atoms with Crippen LogP contribution in [-0.4, -0.2) is 26.2 Å². The molecule has 0 spiro atoms. The van der Waals surface area contributed by atoms with E-state index in [1.807, 2.05) is 24.3 Å². The SMILES string of the molecule is CC(C)OC(=O)CS(=O)(=O)c1ccc2ccccc2c1. The third kappa shape index (κ3) is 3.36. The third-order valence-electron chi connectivity index (χ3n) is 2.76. The summed E-state index contributed by atoms with van der Waals surface area (Å²) in [6, 6.07) is 12.3. The molecule has 20 heavy (non-hydrogen) atoms. The first-order chi connectivity index (χ1) is 9.38. The number of ether oxygens (including phenoxy) is 1. The fraction of sp³-hybridized carbons (Fsp3) is 0.267. The highest BCUT2D eigenvalue weighted by atomic mass is 32.2. The maximum absolute atomic E-state index is 12.2. The van der Waals surface area contributed by atoms with Crippen LogP contribution >= 0.6 is 0 Å². The van der Waals surface area contributed by atoms with E-state index in [4.69, 9.17) is 4.74 Å². The summed E-state index contributed by atoms with van der Waals surface area (Å²) in [5.74, 6) is -1.36. The highest BCUT2D eigenvalue weighted by Crippen LogP contribution is 2.20. The molecule has 2 aromatic rings. The molecule has 0 amide bonds. The highest BCUT2D eigenvalue weighted by Gasteiger charge is 2.21. The van der Waals surface area contributed by atoms with Gasteiger partial charge in [0, 0.05) is 0 Å². The van der Waals surface area contributed by atoms with E-state index in [-0.39, 0.29) is 11.0 Å². The van der Waals surface area contributed by atoms with E-state index in [0.29, 0.717) is 0 Å². The van der Waals surface area contributed by atoms with Crippen LogP contribution in [0, 0.1) is 0 Å². The van der Waals surface area contributed by atoms with Crippen LogP contribution in [0.3, 0.4) is 0 Å². The molecule has 0 saturated heterocycles. The van der Waals surface area contributed by atoms with E-state index in [1.165, 1.54) is 6.07 Å². The second kappa shape index (κ2) is 5.63. The number of hydrogen-bond acceptors (Lipinski definition) is 4. The first kappa shape index (κ1) is 14.5. The van der Waals surface area contributed by atoms with Gasteiger partial charge in [-0.2, -0.15) is 0 Å². The minimum atomic E-state index is -3.67. The highest BCUT2D eigenvalue weighted by molar-refractivity contribution is 7.92. The van der Waals surface area contributed by atoms with Crippen LogP contribution < -0.4 is 0 Å². The Kier molecular flexibility index (Phi) is 4.09. The number of rotatable bonds is 4. The molecule has 2 aromatic carbocycles. The molecule has 0 aliphatic carbocycles. The fourth-order valence-electron chi connectivity index (χ4n) is 1.90. The van der Waals surface area contributed by atoms with Crippen LogP contribution in [-0.2, 0) is 19.4 Å². The van der Waals surface area contributed by atoms with Gasteiger partial charge >= 0.3 is 5.97 Å². The van der Waals surface area contributed by atoms with Gasteiger partial charge in [0.05, 0.1) is 11.0 Å². The summed E-state index contributed by atoms with van der Waals surface area (Å²) in [6.07, 6.45) is -0.325. The molecular formula is C15H16O4S. The minimum absolute atomic E-state index is 0.136. The summed E-state index contributed by atoms with van der Waals surface area (Å²) in [7, 11) is -3.67. The van der Waals surface area contributed by atoms with Crippen LogP contribution in [0.15, 0.2) is 47.4 Å². The van der Waals surface area contributed by atoms with Crippen molar-refractivity contribution in [2.45, 2.75) is 24.8 Å². The van der Waals surface area contributed by atoms with Crippen molar-refractivity contribution < 1.29 is 17.9 Å². The molecule has 0 bridgehead atoms. The predicted molar refractivity (Wildman–Crippen MR) is 77.2 cm³/mol. The number of carbonyl (C=O) groups excluding carboxylic acids is 1. The molecule has 5 heteroatoms. The zero-order chi connectivity index (χ0) is 14.8. The molecule has 0 aliphatic rings. The molecule has 0 aliphatic heterocycles. The van der Waals surface area contributed by atoms with Crippen molar-refractivity contribution in [1.29, 1.82) is 0 Å². The standard InChI is InChI=1S/C15H16O4S/c1-11(2)19-15(16)10-20(17,18)14-8-7-12-5-3-4-6-13(12)9-14/h3-9,11H,10H2,1-2H3. The summed E-state index contributed by atoms with van der Waals surface area (Å²) in [4.78, 5) is 11.6. The molecule has 0 heterocycles. The van der Waals surface area contributed by atoms with E-state index >= 15 is 0 Å².